The van der Waals surface area contributed by atoms with Gasteiger partial charge in [0.05, 0.1) is 18.6 Å². The smallest absolute Gasteiger partial charge is 0.251 e. The molecule has 2 unspecified atom stereocenters. The second-order valence-electron chi connectivity index (χ2n) is 5.48. The molecule has 3 N–H and O–H groups in total. The Morgan fingerprint density at radius 2 is 2.00 bits per heavy atom. The monoisotopic (exact) mass is 426 g/mol. The zero-order valence-corrected chi connectivity index (χ0v) is 16.1. The second kappa shape index (κ2) is 12.4. The summed E-state index contributed by atoms with van der Waals surface area (Å²) in [4.78, 5) is 24.2. The standard InChI is InChI=1S/C18H23BrN2O5/c1-3-5-14(18(23)21-24)10-16(11-26-12-25-4-2)20-17(22)13-6-8-15(19)9-7-13/h1,6-9,14,16,24H,4-5,10-12H2,2H3,(H,20,22)(H,21,23). The van der Waals surface area contributed by atoms with E-state index in [1.165, 1.54) is 0 Å². The Morgan fingerprint density at radius 1 is 1.31 bits per heavy atom. The largest absolute Gasteiger partial charge is 0.356 e. The third-order valence-corrected chi connectivity index (χ3v) is 4.07. The number of amides is 2. The Morgan fingerprint density at radius 3 is 2.58 bits per heavy atom. The van der Waals surface area contributed by atoms with Crippen LogP contribution in [0.1, 0.15) is 30.1 Å². The van der Waals surface area contributed by atoms with Crippen molar-refractivity contribution in [1.29, 1.82) is 0 Å². The van der Waals surface area contributed by atoms with E-state index in [1.807, 2.05) is 6.92 Å². The lowest BCUT2D eigenvalue weighted by atomic mass is 9.96. The number of hydroxylamine groups is 1. The highest BCUT2D eigenvalue weighted by Gasteiger charge is 2.24. The van der Waals surface area contributed by atoms with E-state index in [4.69, 9.17) is 21.1 Å². The molecule has 7 nitrogen and oxygen atoms in total. The minimum atomic E-state index is -0.657. The van der Waals surface area contributed by atoms with E-state index in [-0.39, 0.29) is 32.1 Å². The number of ether oxygens (including phenoxy) is 2. The molecule has 0 aliphatic carbocycles. The number of rotatable bonds is 11. The molecule has 0 aromatic heterocycles. The summed E-state index contributed by atoms with van der Waals surface area (Å²) in [5.74, 6) is 0.843. The SMILES string of the molecule is C#CCC(CC(COCOCC)NC(=O)c1ccc(Br)cc1)C(=O)NO. The van der Waals surface area contributed by atoms with Gasteiger partial charge in [-0.15, -0.1) is 12.3 Å². The van der Waals surface area contributed by atoms with Crippen molar-refractivity contribution in [3.8, 4) is 12.3 Å². The van der Waals surface area contributed by atoms with Crippen LogP contribution in [0.15, 0.2) is 28.7 Å². The molecule has 0 bridgehead atoms. The van der Waals surface area contributed by atoms with E-state index in [2.05, 4.69) is 27.2 Å². The topological polar surface area (TPSA) is 96.9 Å². The third kappa shape index (κ3) is 7.97. The number of carbonyl (C=O) groups excluding carboxylic acids is 2. The first-order valence-corrected chi connectivity index (χ1v) is 8.90. The van der Waals surface area contributed by atoms with Crippen LogP contribution in [0.2, 0.25) is 0 Å². The number of terminal acetylenes is 1. The van der Waals surface area contributed by atoms with Crippen LogP contribution in [0.4, 0.5) is 0 Å². The van der Waals surface area contributed by atoms with Gasteiger partial charge in [0.2, 0.25) is 5.91 Å². The molecule has 26 heavy (non-hydrogen) atoms. The van der Waals surface area contributed by atoms with Gasteiger partial charge < -0.3 is 14.8 Å². The van der Waals surface area contributed by atoms with Crippen LogP contribution >= 0.6 is 15.9 Å². The van der Waals surface area contributed by atoms with Gasteiger partial charge in [-0.05, 0) is 37.6 Å². The Kier molecular flexibility index (Phi) is 10.6. The number of benzene rings is 1. The van der Waals surface area contributed by atoms with Crippen molar-refractivity contribution in [2.45, 2.75) is 25.8 Å². The molecule has 0 heterocycles. The minimum Gasteiger partial charge on any atom is -0.356 e. The van der Waals surface area contributed by atoms with Gasteiger partial charge in [-0.3, -0.25) is 14.8 Å². The van der Waals surface area contributed by atoms with Crippen LogP contribution in [-0.4, -0.2) is 43.1 Å². The van der Waals surface area contributed by atoms with Gasteiger partial charge in [0.15, 0.2) is 0 Å². The normalized spacial score (nSPS) is 12.7. The van der Waals surface area contributed by atoms with Gasteiger partial charge in [-0.25, -0.2) is 5.48 Å². The van der Waals surface area contributed by atoms with Crippen LogP contribution in [0.5, 0.6) is 0 Å². The van der Waals surface area contributed by atoms with Crippen LogP contribution in [0.25, 0.3) is 0 Å². The van der Waals surface area contributed by atoms with Crippen LogP contribution in [-0.2, 0) is 14.3 Å². The summed E-state index contributed by atoms with van der Waals surface area (Å²) in [6, 6.07) is 6.39. The summed E-state index contributed by atoms with van der Waals surface area (Å²) in [5, 5.41) is 11.7. The lowest BCUT2D eigenvalue weighted by Gasteiger charge is -2.22. The van der Waals surface area contributed by atoms with E-state index >= 15 is 0 Å². The molecular weight excluding hydrogens is 404 g/mol. The number of carbonyl (C=O) groups is 2. The fraction of sp³-hybridized carbons (Fsp3) is 0.444. The van der Waals surface area contributed by atoms with Crippen LogP contribution < -0.4 is 10.8 Å². The molecule has 142 valence electrons. The maximum Gasteiger partial charge on any atom is 0.251 e. The quantitative estimate of drug-likeness (QED) is 0.165. The molecule has 1 aromatic rings. The molecule has 1 aromatic carbocycles. The Hall–Kier alpha value is -1.92. The van der Waals surface area contributed by atoms with E-state index in [9.17, 15) is 9.59 Å². The summed E-state index contributed by atoms with van der Waals surface area (Å²) in [6.45, 7) is 2.56. The predicted octanol–water partition coefficient (Wildman–Crippen LogP) is 2.09. The minimum absolute atomic E-state index is 0.0765. The lowest BCUT2D eigenvalue weighted by Crippen LogP contribution is -2.42. The molecule has 8 heteroatoms. The molecule has 0 spiro atoms. The summed E-state index contributed by atoms with van der Waals surface area (Å²) >= 11 is 3.32. The first-order valence-electron chi connectivity index (χ1n) is 8.11. The molecule has 0 aliphatic rings. The zero-order chi connectivity index (χ0) is 19.4. The van der Waals surface area contributed by atoms with Gasteiger partial charge in [0.1, 0.15) is 6.79 Å². The molecule has 0 saturated carbocycles. The maximum absolute atomic E-state index is 12.4. The first-order chi connectivity index (χ1) is 12.5. The van der Waals surface area contributed by atoms with Crippen LogP contribution in [0, 0.1) is 18.3 Å². The van der Waals surface area contributed by atoms with Crippen molar-refractivity contribution in [2.24, 2.45) is 5.92 Å². The summed E-state index contributed by atoms with van der Waals surface area (Å²) in [7, 11) is 0. The average Bonchev–Trinajstić information content (AvgIpc) is 2.64. The van der Waals surface area contributed by atoms with E-state index in [0.29, 0.717) is 12.2 Å². The number of nitrogens with one attached hydrogen (secondary N) is 2. The molecule has 0 radical (unpaired) electrons. The van der Waals surface area contributed by atoms with Gasteiger partial charge in [0.25, 0.3) is 5.91 Å². The molecule has 0 aliphatic heterocycles. The van der Waals surface area contributed by atoms with E-state index in [0.717, 1.165) is 4.47 Å². The van der Waals surface area contributed by atoms with Crippen molar-refractivity contribution in [3.05, 3.63) is 34.3 Å². The Balaban J connectivity index is 2.78. The number of hydrogen-bond donors (Lipinski definition) is 3. The van der Waals surface area contributed by atoms with Crippen molar-refractivity contribution in [3.63, 3.8) is 0 Å². The van der Waals surface area contributed by atoms with Gasteiger partial charge in [-0.2, -0.15) is 0 Å². The summed E-state index contributed by atoms with van der Waals surface area (Å²) in [5.41, 5.74) is 2.08. The van der Waals surface area contributed by atoms with Crippen molar-refractivity contribution >= 4 is 27.7 Å². The van der Waals surface area contributed by atoms with E-state index < -0.39 is 17.9 Å². The highest BCUT2D eigenvalue weighted by molar-refractivity contribution is 9.10. The lowest BCUT2D eigenvalue weighted by molar-refractivity contribution is -0.133. The third-order valence-electron chi connectivity index (χ3n) is 3.55. The average molecular weight is 427 g/mol. The second-order valence-corrected chi connectivity index (χ2v) is 6.39. The van der Waals surface area contributed by atoms with Gasteiger partial charge >= 0.3 is 0 Å². The molecule has 1 rings (SSSR count). The molecule has 2 atom stereocenters. The molecule has 0 saturated heterocycles. The highest BCUT2D eigenvalue weighted by Crippen LogP contribution is 2.14. The number of hydrogen-bond acceptors (Lipinski definition) is 5. The molecular formula is C18H23BrN2O5. The Bertz CT molecular complexity index is 615. The zero-order valence-electron chi connectivity index (χ0n) is 14.5. The van der Waals surface area contributed by atoms with Crippen LogP contribution in [0.3, 0.4) is 0 Å². The van der Waals surface area contributed by atoms with Gasteiger partial charge in [-0.1, -0.05) is 15.9 Å². The molecule has 0 fully saturated rings. The predicted molar refractivity (Wildman–Crippen MR) is 99.3 cm³/mol. The Labute approximate surface area is 161 Å². The van der Waals surface area contributed by atoms with Crippen molar-refractivity contribution in [2.75, 3.05) is 20.0 Å². The maximum atomic E-state index is 12.4. The number of halogens is 1. The van der Waals surface area contributed by atoms with Gasteiger partial charge in [0, 0.05) is 23.1 Å². The fourth-order valence-electron chi connectivity index (χ4n) is 2.23. The first kappa shape index (κ1) is 22.1. The summed E-state index contributed by atoms with van der Waals surface area (Å²) < 4.78 is 11.4. The van der Waals surface area contributed by atoms with E-state index in [1.54, 1.807) is 29.7 Å². The summed E-state index contributed by atoms with van der Waals surface area (Å²) in [6.07, 6.45) is 5.63. The van der Waals surface area contributed by atoms with Crippen molar-refractivity contribution in [1.82, 2.24) is 10.8 Å². The fourth-order valence-corrected chi connectivity index (χ4v) is 2.50. The van der Waals surface area contributed by atoms with Crippen molar-refractivity contribution < 1.29 is 24.3 Å². The molecule has 2 amide bonds. The highest BCUT2D eigenvalue weighted by atomic mass is 79.9.